The molecule has 2 N–H and O–H groups in total. The minimum Gasteiger partial charge on any atom is -0.387 e. The van der Waals surface area contributed by atoms with Crippen LogP contribution in [0.1, 0.15) is 44.4 Å². The Kier molecular flexibility index (Phi) is 5.46. The van der Waals surface area contributed by atoms with E-state index in [-0.39, 0.29) is 23.9 Å². The average Bonchev–Trinajstić information content (AvgIpc) is 2.94. The molecule has 3 fully saturated rings. The summed E-state index contributed by atoms with van der Waals surface area (Å²) in [7, 11) is 0. The van der Waals surface area contributed by atoms with E-state index in [1.54, 1.807) is 0 Å². The number of aliphatic hydroxyl groups excluding tert-OH is 1. The summed E-state index contributed by atoms with van der Waals surface area (Å²) in [4.78, 5) is 17.2. The monoisotopic (exact) mass is 345 g/mol. The molecule has 2 bridgehead atoms. The van der Waals surface area contributed by atoms with Gasteiger partial charge in [0.15, 0.2) is 0 Å². The van der Waals surface area contributed by atoms with Crippen LogP contribution in [0.3, 0.4) is 0 Å². The topological polar surface area (TPSA) is 55.8 Å². The Bertz CT molecular complexity index is 590. The SMILES string of the molecule is CC(C)(C)c1ccc([C@@H](O)CNC(=O)[C@@H]2CN3CCCN2CC3)cc1. The van der Waals surface area contributed by atoms with E-state index in [1.165, 1.54) is 5.56 Å². The number of nitrogens with zero attached hydrogens (tertiary/aromatic N) is 2. The van der Waals surface area contributed by atoms with E-state index >= 15 is 0 Å². The summed E-state index contributed by atoms with van der Waals surface area (Å²) < 4.78 is 0. The van der Waals surface area contributed by atoms with Crippen LogP contribution in [0, 0.1) is 0 Å². The van der Waals surface area contributed by atoms with Crippen LogP contribution < -0.4 is 5.32 Å². The molecule has 3 aliphatic rings. The number of carbonyl (C=O) groups excluding carboxylic acids is 1. The Morgan fingerprint density at radius 3 is 2.60 bits per heavy atom. The fourth-order valence-corrected chi connectivity index (χ4v) is 3.73. The van der Waals surface area contributed by atoms with Crippen LogP contribution in [-0.2, 0) is 10.2 Å². The number of hydrogen-bond acceptors (Lipinski definition) is 4. The molecule has 4 rings (SSSR count). The Balaban J connectivity index is 1.55. The van der Waals surface area contributed by atoms with Crippen LogP contribution in [0.4, 0.5) is 0 Å². The van der Waals surface area contributed by atoms with Crippen LogP contribution in [0.25, 0.3) is 0 Å². The van der Waals surface area contributed by atoms with Gasteiger partial charge in [-0.05, 0) is 29.5 Å². The quantitative estimate of drug-likeness (QED) is 0.869. The lowest BCUT2D eigenvalue weighted by Gasteiger charge is -2.36. The minimum absolute atomic E-state index is 0.0389. The van der Waals surface area contributed by atoms with Crippen molar-refractivity contribution >= 4 is 5.91 Å². The first-order valence-corrected chi connectivity index (χ1v) is 9.37. The molecule has 0 saturated carbocycles. The van der Waals surface area contributed by atoms with Crippen LogP contribution in [0.5, 0.6) is 0 Å². The molecule has 5 heteroatoms. The summed E-state index contributed by atoms with van der Waals surface area (Å²) in [6, 6.07) is 7.96. The van der Waals surface area contributed by atoms with Crippen LogP contribution in [0.2, 0.25) is 0 Å². The van der Waals surface area contributed by atoms with Gasteiger partial charge in [0.25, 0.3) is 0 Å². The number of fused-ring (bicyclic) bond motifs is 4. The van der Waals surface area contributed by atoms with Crippen molar-refractivity contribution in [3.63, 3.8) is 0 Å². The maximum Gasteiger partial charge on any atom is 0.238 e. The lowest BCUT2D eigenvalue weighted by atomic mass is 9.86. The van der Waals surface area contributed by atoms with Gasteiger partial charge in [-0.15, -0.1) is 0 Å². The Labute approximate surface area is 151 Å². The smallest absolute Gasteiger partial charge is 0.238 e. The fraction of sp³-hybridized carbons (Fsp3) is 0.650. The summed E-state index contributed by atoms with van der Waals surface area (Å²) >= 11 is 0. The number of rotatable bonds is 4. The molecule has 0 radical (unpaired) electrons. The third-order valence-corrected chi connectivity index (χ3v) is 5.43. The van der Waals surface area contributed by atoms with Crippen LogP contribution >= 0.6 is 0 Å². The number of carbonyl (C=O) groups is 1. The maximum absolute atomic E-state index is 12.6. The largest absolute Gasteiger partial charge is 0.387 e. The first kappa shape index (κ1) is 18.4. The van der Waals surface area contributed by atoms with Gasteiger partial charge in [0, 0.05) is 32.7 Å². The minimum atomic E-state index is -0.670. The van der Waals surface area contributed by atoms with Gasteiger partial charge in [0.05, 0.1) is 6.10 Å². The van der Waals surface area contributed by atoms with Gasteiger partial charge in [0.1, 0.15) is 6.04 Å². The first-order valence-electron chi connectivity index (χ1n) is 9.37. The number of nitrogens with one attached hydrogen (secondary N) is 1. The van der Waals surface area contributed by atoms with Crippen molar-refractivity contribution in [2.45, 2.75) is 44.8 Å². The Morgan fingerprint density at radius 2 is 1.92 bits per heavy atom. The molecule has 0 aliphatic carbocycles. The Morgan fingerprint density at radius 1 is 1.20 bits per heavy atom. The second-order valence-electron chi connectivity index (χ2n) is 8.34. The zero-order valence-electron chi connectivity index (χ0n) is 15.7. The third-order valence-electron chi connectivity index (χ3n) is 5.43. The van der Waals surface area contributed by atoms with E-state index in [9.17, 15) is 9.90 Å². The summed E-state index contributed by atoms with van der Waals surface area (Å²) in [5.74, 6) is 0.0389. The molecule has 2 unspecified atom stereocenters. The Hall–Kier alpha value is -1.43. The molecule has 0 aromatic heterocycles. The number of aliphatic hydroxyl groups is 1. The van der Waals surface area contributed by atoms with Gasteiger partial charge in [-0.3, -0.25) is 14.6 Å². The highest BCUT2D eigenvalue weighted by Gasteiger charge is 2.34. The lowest BCUT2D eigenvalue weighted by molar-refractivity contribution is -0.128. The molecule has 1 amide bonds. The third kappa shape index (κ3) is 4.40. The highest BCUT2D eigenvalue weighted by atomic mass is 16.3. The van der Waals surface area contributed by atoms with E-state index in [4.69, 9.17) is 0 Å². The van der Waals surface area contributed by atoms with Crippen molar-refractivity contribution in [1.29, 1.82) is 0 Å². The van der Waals surface area contributed by atoms with Crippen molar-refractivity contribution in [3.8, 4) is 0 Å². The van der Waals surface area contributed by atoms with E-state index in [1.807, 2.05) is 12.1 Å². The summed E-state index contributed by atoms with van der Waals surface area (Å²) in [6.07, 6.45) is 0.461. The molecule has 1 aromatic rings. The zero-order valence-corrected chi connectivity index (χ0v) is 15.7. The molecular formula is C20H31N3O2. The molecular weight excluding hydrogens is 314 g/mol. The van der Waals surface area contributed by atoms with Crippen molar-refractivity contribution in [3.05, 3.63) is 35.4 Å². The van der Waals surface area contributed by atoms with Crippen molar-refractivity contribution < 1.29 is 9.90 Å². The first-order chi connectivity index (χ1) is 11.8. The number of piperazine rings is 1. The van der Waals surface area contributed by atoms with Gasteiger partial charge in [-0.1, -0.05) is 45.0 Å². The van der Waals surface area contributed by atoms with Gasteiger partial charge < -0.3 is 10.4 Å². The number of hydrogen-bond donors (Lipinski definition) is 2. The average molecular weight is 345 g/mol. The highest BCUT2D eigenvalue weighted by molar-refractivity contribution is 5.82. The molecule has 138 valence electrons. The number of benzene rings is 1. The summed E-state index contributed by atoms with van der Waals surface area (Å²) in [6.45, 7) is 11.7. The van der Waals surface area contributed by atoms with Gasteiger partial charge >= 0.3 is 0 Å². The second-order valence-corrected chi connectivity index (χ2v) is 8.34. The van der Waals surface area contributed by atoms with E-state index in [0.717, 1.165) is 44.7 Å². The maximum atomic E-state index is 12.6. The van der Waals surface area contributed by atoms with E-state index in [2.05, 4.69) is 48.0 Å². The van der Waals surface area contributed by atoms with Crippen molar-refractivity contribution in [1.82, 2.24) is 15.1 Å². The predicted molar refractivity (Wildman–Crippen MR) is 99.5 cm³/mol. The molecule has 25 heavy (non-hydrogen) atoms. The molecule has 1 aromatic carbocycles. The molecule has 5 nitrogen and oxygen atoms in total. The van der Waals surface area contributed by atoms with E-state index < -0.39 is 6.10 Å². The molecule has 0 spiro atoms. The molecule has 4 atom stereocenters. The van der Waals surface area contributed by atoms with Gasteiger partial charge in [0.2, 0.25) is 5.91 Å². The number of amides is 1. The second kappa shape index (κ2) is 7.44. The summed E-state index contributed by atoms with van der Waals surface area (Å²) in [5, 5.41) is 13.4. The van der Waals surface area contributed by atoms with Gasteiger partial charge in [-0.25, -0.2) is 0 Å². The fourth-order valence-electron chi connectivity index (χ4n) is 3.73. The molecule has 3 saturated heterocycles. The zero-order chi connectivity index (χ0) is 18.0. The highest BCUT2D eigenvalue weighted by Crippen LogP contribution is 2.24. The van der Waals surface area contributed by atoms with Crippen molar-refractivity contribution in [2.24, 2.45) is 0 Å². The standard InChI is InChI=1S/C20H31N3O2/c1-20(2,3)16-7-5-15(6-8-16)18(24)13-21-19(25)17-14-22-9-4-10-23(17)12-11-22/h5-8,17-18,24H,4,9-14H2,1-3H3,(H,21,25)/t17-,18-/m0/s1. The molecule has 3 aliphatic heterocycles. The van der Waals surface area contributed by atoms with Gasteiger partial charge in [-0.2, -0.15) is 0 Å². The lowest BCUT2D eigenvalue weighted by Crippen LogP contribution is -2.57. The summed E-state index contributed by atoms with van der Waals surface area (Å²) in [5.41, 5.74) is 2.18. The molecule has 3 heterocycles. The normalized spacial score (nSPS) is 27.6. The predicted octanol–water partition coefficient (Wildman–Crippen LogP) is 1.52. The van der Waals surface area contributed by atoms with Crippen LogP contribution in [-0.4, -0.2) is 66.1 Å². The van der Waals surface area contributed by atoms with Crippen LogP contribution in [0.15, 0.2) is 24.3 Å². The van der Waals surface area contributed by atoms with Crippen molar-refractivity contribution in [2.75, 3.05) is 39.3 Å². The van der Waals surface area contributed by atoms with E-state index in [0.29, 0.717) is 0 Å².